The Hall–Kier alpha value is -7.99. The number of benzene rings is 6. The zero-order valence-electron chi connectivity index (χ0n) is 42.0. The van der Waals surface area contributed by atoms with Crippen molar-refractivity contribution in [3.8, 4) is 33.8 Å². The molecule has 0 saturated carbocycles. The second kappa shape index (κ2) is 24.4. The SMILES string of the molecule is CCOc1ccc(OCC)c(NC(=O)Nc2ccc(-c3ccc(CN4CCOCC4)nc3)c3ccccc23)c1.O=C(Nc1ccc2ncsc2c1)Nc1ccc(-c2ccc(CN3CCOCC3)nc2)c2ccccc12. The van der Waals surface area contributed by atoms with Crippen LogP contribution in [0.1, 0.15) is 25.2 Å². The molecule has 2 saturated heterocycles. The standard InChI is InChI=1S/C31H34N4O4.C28H25N5O2S/c1-3-38-24-11-14-30(39-4-2)29(19-24)34-31(36)33-28-13-12-25(26-7-5-6-8-27(26)28)22-9-10-23(32-20-22)21-35-15-17-37-18-16-35;34-28(31-20-7-9-26-27(15-20)36-18-30-26)32-25-10-8-22(23-3-1-2-4-24(23)25)19-5-6-21(29-16-19)17-33-11-13-35-14-12-33/h5-14,19-20H,3-4,15-18,21H2,1-2H3,(H2,33,34,36);1-10,15-16,18H,11-14,17H2,(H2,31,32,34). The number of rotatable bonds is 14. The first-order valence-electron chi connectivity index (χ1n) is 25.3. The Morgan fingerprint density at radius 1 is 0.547 bits per heavy atom. The van der Waals surface area contributed by atoms with E-state index in [9.17, 15) is 9.59 Å². The highest BCUT2D eigenvalue weighted by atomic mass is 32.1. The maximum atomic E-state index is 13.1. The van der Waals surface area contributed by atoms with Gasteiger partial charge in [0, 0.05) is 85.3 Å². The summed E-state index contributed by atoms with van der Waals surface area (Å²) in [4.78, 5) is 44.3. The highest BCUT2D eigenvalue weighted by Crippen LogP contribution is 2.36. The molecule has 0 atom stereocenters. The average molecular weight is 1020 g/mol. The number of ether oxygens (including phenoxy) is 4. The van der Waals surface area contributed by atoms with Crippen LogP contribution in [-0.2, 0) is 22.6 Å². The van der Waals surface area contributed by atoms with Crippen molar-refractivity contribution in [3.63, 3.8) is 0 Å². The zero-order valence-corrected chi connectivity index (χ0v) is 42.8. The first kappa shape index (κ1) is 50.5. The highest BCUT2D eigenvalue weighted by molar-refractivity contribution is 7.16. The maximum Gasteiger partial charge on any atom is 0.323 e. The molecule has 0 aliphatic carbocycles. The van der Waals surface area contributed by atoms with E-state index >= 15 is 0 Å². The minimum absolute atomic E-state index is 0.286. The van der Waals surface area contributed by atoms with Crippen LogP contribution < -0.4 is 30.7 Å². The van der Waals surface area contributed by atoms with Gasteiger partial charge in [0.2, 0.25) is 0 Å². The van der Waals surface area contributed by atoms with E-state index in [0.29, 0.717) is 36.1 Å². The Morgan fingerprint density at radius 3 is 1.61 bits per heavy atom. The van der Waals surface area contributed by atoms with Gasteiger partial charge < -0.3 is 40.2 Å². The Bertz CT molecular complexity index is 3400. The normalized spacial score (nSPS) is 13.9. The number of hydrogen-bond donors (Lipinski definition) is 4. The second-order valence-corrected chi connectivity index (χ2v) is 18.9. The summed E-state index contributed by atoms with van der Waals surface area (Å²) in [6, 6.07) is 43.0. The third-order valence-electron chi connectivity index (χ3n) is 13.0. The van der Waals surface area contributed by atoms with Crippen LogP contribution in [0.2, 0.25) is 0 Å². The molecule has 11 rings (SSSR count). The number of anilines is 4. The van der Waals surface area contributed by atoms with Gasteiger partial charge >= 0.3 is 12.1 Å². The lowest BCUT2D eigenvalue weighted by Crippen LogP contribution is -2.35. The van der Waals surface area contributed by atoms with E-state index in [2.05, 4.69) is 72.4 Å². The number of nitrogens with zero attached hydrogens (tertiary/aromatic N) is 5. The van der Waals surface area contributed by atoms with Gasteiger partial charge in [0.15, 0.2) is 0 Å². The first-order chi connectivity index (χ1) is 36.9. The van der Waals surface area contributed by atoms with Gasteiger partial charge in [-0.2, -0.15) is 0 Å². The van der Waals surface area contributed by atoms with E-state index in [0.717, 1.165) is 142 Å². The fourth-order valence-corrected chi connectivity index (χ4v) is 10.0. The first-order valence-corrected chi connectivity index (χ1v) is 26.2. The van der Waals surface area contributed by atoms with Crippen molar-refractivity contribution in [1.82, 2.24) is 24.8 Å². The molecule has 0 spiro atoms. The molecule has 9 aromatic rings. The number of pyridine rings is 2. The van der Waals surface area contributed by atoms with Gasteiger partial charge in [-0.1, -0.05) is 72.8 Å². The molecule has 4 N–H and O–H groups in total. The molecule has 2 aliphatic rings. The molecule has 3 aromatic heterocycles. The van der Waals surface area contributed by atoms with Crippen molar-refractivity contribution in [2.75, 3.05) is 87.1 Å². The van der Waals surface area contributed by atoms with Crippen LogP contribution in [-0.4, -0.2) is 103 Å². The molecule has 75 heavy (non-hydrogen) atoms. The smallest absolute Gasteiger partial charge is 0.323 e. The maximum absolute atomic E-state index is 13.1. The molecule has 2 aliphatic heterocycles. The van der Waals surface area contributed by atoms with Crippen molar-refractivity contribution in [3.05, 3.63) is 163 Å². The molecule has 6 aromatic carbocycles. The third kappa shape index (κ3) is 12.7. The molecule has 2 fully saturated rings. The van der Waals surface area contributed by atoms with E-state index in [1.54, 1.807) is 29.0 Å². The lowest BCUT2D eigenvalue weighted by atomic mass is 9.98. The molecular formula is C59H59N9O6S. The molecule has 0 radical (unpaired) electrons. The number of nitrogens with one attached hydrogen (secondary N) is 4. The Balaban J connectivity index is 0.000000171. The van der Waals surface area contributed by atoms with Gasteiger partial charge in [0.25, 0.3) is 0 Å². The summed E-state index contributed by atoms with van der Waals surface area (Å²) in [7, 11) is 0. The Labute approximate surface area is 439 Å². The fraction of sp³-hybridized carbons (Fsp3) is 0.237. The predicted octanol–water partition coefficient (Wildman–Crippen LogP) is 12.2. The molecule has 382 valence electrons. The number of hydrogen-bond acceptors (Lipinski definition) is 12. The topological polar surface area (TPSA) is 164 Å². The van der Waals surface area contributed by atoms with Gasteiger partial charge in [0.1, 0.15) is 11.5 Å². The van der Waals surface area contributed by atoms with Crippen LogP contribution in [0, 0.1) is 0 Å². The average Bonchev–Trinajstić information content (AvgIpc) is 3.92. The van der Waals surface area contributed by atoms with Gasteiger partial charge in [-0.05, 0) is 90.3 Å². The lowest BCUT2D eigenvalue weighted by molar-refractivity contribution is 0.0336. The van der Waals surface area contributed by atoms with Crippen molar-refractivity contribution in [2.24, 2.45) is 0 Å². The van der Waals surface area contributed by atoms with Gasteiger partial charge in [0.05, 0.1) is 83.8 Å². The zero-order chi connectivity index (χ0) is 51.3. The number of carbonyl (C=O) groups is 2. The number of carbonyl (C=O) groups excluding carboxylic acids is 2. The summed E-state index contributed by atoms with van der Waals surface area (Å²) >= 11 is 1.55. The van der Waals surface area contributed by atoms with Crippen LogP contribution in [0.5, 0.6) is 11.5 Å². The summed E-state index contributed by atoms with van der Waals surface area (Å²) < 4.78 is 23.2. The largest absolute Gasteiger partial charge is 0.494 e. The van der Waals surface area contributed by atoms with E-state index in [4.69, 9.17) is 28.9 Å². The summed E-state index contributed by atoms with van der Waals surface area (Å²) in [5.74, 6) is 1.25. The van der Waals surface area contributed by atoms with Crippen LogP contribution in [0.25, 0.3) is 54.0 Å². The Kier molecular flexibility index (Phi) is 16.4. The van der Waals surface area contributed by atoms with Crippen molar-refractivity contribution >= 4 is 77.9 Å². The third-order valence-corrected chi connectivity index (χ3v) is 13.8. The summed E-state index contributed by atoms with van der Waals surface area (Å²) in [5.41, 5.74) is 11.8. The van der Waals surface area contributed by atoms with Crippen LogP contribution in [0.4, 0.5) is 32.3 Å². The molecule has 15 nitrogen and oxygen atoms in total. The fourth-order valence-electron chi connectivity index (χ4n) is 9.29. The lowest BCUT2D eigenvalue weighted by Gasteiger charge is -2.26. The Morgan fingerprint density at radius 2 is 1.08 bits per heavy atom. The van der Waals surface area contributed by atoms with Gasteiger partial charge in [-0.3, -0.25) is 19.8 Å². The predicted molar refractivity (Wildman–Crippen MR) is 300 cm³/mol. The van der Waals surface area contributed by atoms with Crippen molar-refractivity contribution < 1.29 is 28.5 Å². The van der Waals surface area contributed by atoms with E-state index in [1.807, 2.05) is 111 Å². The minimum atomic E-state index is -0.364. The van der Waals surface area contributed by atoms with E-state index in [-0.39, 0.29) is 12.1 Å². The summed E-state index contributed by atoms with van der Waals surface area (Å²) in [6.45, 7) is 13.3. The van der Waals surface area contributed by atoms with E-state index in [1.165, 1.54) is 0 Å². The van der Waals surface area contributed by atoms with Crippen LogP contribution in [0.3, 0.4) is 0 Å². The van der Waals surface area contributed by atoms with Crippen molar-refractivity contribution in [2.45, 2.75) is 26.9 Å². The van der Waals surface area contributed by atoms with Gasteiger partial charge in [-0.25, -0.2) is 14.6 Å². The molecule has 5 heterocycles. The second-order valence-electron chi connectivity index (χ2n) is 18.0. The molecule has 0 unspecified atom stereocenters. The number of fused-ring (bicyclic) bond motifs is 3. The van der Waals surface area contributed by atoms with Crippen molar-refractivity contribution in [1.29, 1.82) is 0 Å². The number of aromatic nitrogens is 3. The van der Waals surface area contributed by atoms with Crippen LogP contribution >= 0.6 is 11.3 Å². The summed E-state index contributed by atoms with van der Waals surface area (Å²) in [6.07, 6.45) is 3.87. The minimum Gasteiger partial charge on any atom is -0.494 e. The molecule has 0 bridgehead atoms. The number of morpholine rings is 2. The van der Waals surface area contributed by atoms with Gasteiger partial charge in [-0.15, -0.1) is 11.3 Å². The number of urea groups is 2. The van der Waals surface area contributed by atoms with E-state index < -0.39 is 0 Å². The number of amides is 4. The number of thiazole rings is 1. The molecule has 16 heteroatoms. The monoisotopic (exact) mass is 1020 g/mol. The molecular weight excluding hydrogens is 963 g/mol. The highest BCUT2D eigenvalue weighted by Gasteiger charge is 2.17. The summed E-state index contributed by atoms with van der Waals surface area (Å²) in [5, 5.41) is 15.9. The van der Waals surface area contributed by atoms with Crippen LogP contribution in [0.15, 0.2) is 151 Å². The molecule has 4 amide bonds. The quantitative estimate of drug-likeness (QED) is 0.0819.